The number of hydrogen-bond donors (Lipinski definition) is 2. The van der Waals surface area contributed by atoms with Gasteiger partial charge in [0.25, 0.3) is 0 Å². The number of fused-ring (bicyclic) bond motifs is 5. The summed E-state index contributed by atoms with van der Waals surface area (Å²) in [5.41, 5.74) is 2.46. The lowest BCUT2D eigenvalue weighted by molar-refractivity contribution is -0.0130. The number of rotatable bonds is 5. The summed E-state index contributed by atoms with van der Waals surface area (Å²) < 4.78 is 6.39. The summed E-state index contributed by atoms with van der Waals surface area (Å²) in [4.78, 5) is 0. The Balaban J connectivity index is 1.64. The van der Waals surface area contributed by atoms with Crippen molar-refractivity contribution in [3.63, 3.8) is 0 Å². The van der Waals surface area contributed by atoms with Crippen LogP contribution in [0.3, 0.4) is 0 Å². The van der Waals surface area contributed by atoms with Crippen LogP contribution in [0.25, 0.3) is 0 Å². The van der Waals surface area contributed by atoms with Crippen molar-refractivity contribution >= 4 is 8.32 Å². The Morgan fingerprint density at radius 1 is 1.29 bits per heavy atom. The van der Waals surface area contributed by atoms with E-state index in [9.17, 15) is 10.2 Å². The van der Waals surface area contributed by atoms with Crippen LogP contribution >= 0.6 is 0 Å². The molecule has 5 atom stereocenters. The van der Waals surface area contributed by atoms with Crippen LogP contribution in [0.4, 0.5) is 0 Å². The van der Waals surface area contributed by atoms with Crippen LogP contribution in [0.5, 0.6) is 11.5 Å². The minimum absolute atomic E-state index is 0.220. The molecule has 4 rings (SSSR count). The van der Waals surface area contributed by atoms with E-state index in [1.165, 1.54) is 12.8 Å². The number of phenols is 1. The lowest BCUT2D eigenvalue weighted by atomic mass is 9.55. The third-order valence-corrected chi connectivity index (χ3v) is 9.97. The zero-order valence-corrected chi connectivity index (χ0v) is 18.9. The fraction of sp³-hybridized carbons (Fsp3) is 0.667. The summed E-state index contributed by atoms with van der Waals surface area (Å²) >= 11 is 0. The van der Waals surface area contributed by atoms with Gasteiger partial charge in [-0.25, -0.2) is 0 Å². The standard InChI is InChI=1S/C24H36O3Si/c1-5-6-12-28(3,4)27-17-13-16-14-20(25)23-18(22(16)21(26)15-17)9-11-24(2)10-7-8-19(23)24/h7-8,13,15,18-20,23,25-26H,5-6,9-12,14H2,1-4H3/t18-,19+,20?,23-,24+/m1/s1. The predicted octanol–water partition coefficient (Wildman–Crippen LogP) is 5.77. The Morgan fingerprint density at radius 3 is 2.82 bits per heavy atom. The first-order chi connectivity index (χ1) is 13.2. The molecule has 0 heterocycles. The second-order valence-electron chi connectivity index (χ2n) is 10.3. The van der Waals surface area contributed by atoms with E-state index in [1.54, 1.807) is 0 Å². The molecule has 1 unspecified atom stereocenters. The Morgan fingerprint density at radius 2 is 2.07 bits per heavy atom. The van der Waals surface area contributed by atoms with Crippen LogP contribution in [0.1, 0.15) is 63.0 Å². The first-order valence-corrected chi connectivity index (χ1v) is 14.3. The zero-order valence-electron chi connectivity index (χ0n) is 17.9. The van der Waals surface area contributed by atoms with E-state index in [4.69, 9.17) is 4.43 Å². The highest BCUT2D eigenvalue weighted by molar-refractivity contribution is 6.71. The summed E-state index contributed by atoms with van der Waals surface area (Å²) in [6.07, 6.45) is 10.6. The van der Waals surface area contributed by atoms with Crippen molar-refractivity contribution in [2.45, 2.75) is 83.5 Å². The van der Waals surface area contributed by atoms with Crippen LogP contribution in [-0.4, -0.2) is 24.6 Å². The van der Waals surface area contributed by atoms with Gasteiger partial charge in [0.15, 0.2) is 0 Å². The van der Waals surface area contributed by atoms with E-state index in [-0.39, 0.29) is 23.4 Å². The second-order valence-corrected chi connectivity index (χ2v) is 14.5. The van der Waals surface area contributed by atoms with E-state index in [0.29, 0.717) is 18.1 Å². The Labute approximate surface area is 170 Å². The largest absolute Gasteiger partial charge is 0.544 e. The van der Waals surface area contributed by atoms with Gasteiger partial charge in [-0.15, -0.1) is 0 Å². The van der Waals surface area contributed by atoms with Crippen molar-refractivity contribution in [1.82, 2.24) is 0 Å². The van der Waals surface area contributed by atoms with Gasteiger partial charge in [-0.1, -0.05) is 38.8 Å². The van der Waals surface area contributed by atoms with Gasteiger partial charge in [0, 0.05) is 11.6 Å². The Hall–Kier alpha value is -1.26. The molecule has 154 valence electrons. The highest BCUT2D eigenvalue weighted by Gasteiger charge is 2.52. The van der Waals surface area contributed by atoms with Crippen LogP contribution in [0.15, 0.2) is 24.3 Å². The molecular weight excluding hydrogens is 364 g/mol. The highest BCUT2D eigenvalue weighted by Crippen LogP contribution is 2.60. The molecular formula is C24H36O3Si. The van der Waals surface area contributed by atoms with Crippen molar-refractivity contribution in [2.75, 3.05) is 0 Å². The number of aliphatic hydroxyl groups excluding tert-OH is 1. The normalized spacial score (nSPS) is 33.9. The fourth-order valence-corrected chi connectivity index (χ4v) is 8.21. The molecule has 1 saturated carbocycles. The number of benzene rings is 1. The maximum Gasteiger partial charge on any atom is 0.245 e. The monoisotopic (exact) mass is 400 g/mol. The molecule has 1 fully saturated rings. The van der Waals surface area contributed by atoms with Crippen molar-refractivity contribution in [2.24, 2.45) is 17.3 Å². The molecule has 28 heavy (non-hydrogen) atoms. The topological polar surface area (TPSA) is 49.7 Å². The average Bonchev–Trinajstić information content (AvgIpc) is 3.00. The molecule has 3 aliphatic rings. The lowest BCUT2D eigenvalue weighted by Gasteiger charge is -2.50. The number of phenolic OH excluding ortho intramolecular Hbond substituents is 1. The number of hydrogen-bond acceptors (Lipinski definition) is 3. The first kappa shape index (κ1) is 20.0. The SMILES string of the molecule is CCCC[Si](C)(C)Oc1cc(O)c2c(c1)CC(O)[C@@H]1[C@@H]2CC[C@]2(C)CC=C[C@@H]12. The van der Waals surface area contributed by atoms with Crippen molar-refractivity contribution in [3.05, 3.63) is 35.4 Å². The van der Waals surface area contributed by atoms with E-state index < -0.39 is 8.32 Å². The quantitative estimate of drug-likeness (QED) is 0.487. The van der Waals surface area contributed by atoms with Crippen molar-refractivity contribution in [3.8, 4) is 11.5 Å². The van der Waals surface area contributed by atoms with Gasteiger partial charge >= 0.3 is 0 Å². The first-order valence-electron chi connectivity index (χ1n) is 11.1. The molecule has 1 aromatic carbocycles. The predicted molar refractivity (Wildman–Crippen MR) is 116 cm³/mol. The van der Waals surface area contributed by atoms with Gasteiger partial charge in [0.1, 0.15) is 11.5 Å². The molecule has 0 amide bonds. The molecule has 2 N–H and O–H groups in total. The fourth-order valence-electron chi connectivity index (χ4n) is 6.14. The smallest absolute Gasteiger partial charge is 0.245 e. The average molecular weight is 401 g/mol. The second kappa shape index (κ2) is 7.21. The van der Waals surface area contributed by atoms with E-state index >= 15 is 0 Å². The van der Waals surface area contributed by atoms with Gasteiger partial charge < -0.3 is 14.6 Å². The van der Waals surface area contributed by atoms with E-state index in [1.807, 2.05) is 6.07 Å². The lowest BCUT2D eigenvalue weighted by Crippen LogP contribution is -2.46. The van der Waals surface area contributed by atoms with Gasteiger partial charge in [0.05, 0.1) is 6.10 Å². The highest BCUT2D eigenvalue weighted by atomic mass is 28.4. The maximum atomic E-state index is 11.1. The molecule has 1 aromatic rings. The molecule has 4 heteroatoms. The molecule has 0 bridgehead atoms. The van der Waals surface area contributed by atoms with Crippen molar-refractivity contribution in [1.29, 1.82) is 0 Å². The Bertz CT molecular complexity index is 771. The van der Waals surface area contributed by atoms with Gasteiger partial charge in [0.2, 0.25) is 8.32 Å². The number of unbranched alkanes of at least 4 members (excludes halogenated alkanes) is 1. The summed E-state index contributed by atoms with van der Waals surface area (Å²) in [5.74, 6) is 2.05. The van der Waals surface area contributed by atoms with Gasteiger partial charge in [-0.05, 0) is 79.6 Å². The third kappa shape index (κ3) is 3.43. The molecule has 0 aromatic heterocycles. The summed E-state index contributed by atoms with van der Waals surface area (Å²) in [5, 5.41) is 22.1. The summed E-state index contributed by atoms with van der Waals surface area (Å²) in [7, 11) is -1.80. The van der Waals surface area contributed by atoms with Crippen LogP contribution in [-0.2, 0) is 6.42 Å². The molecule has 0 saturated heterocycles. The minimum Gasteiger partial charge on any atom is -0.544 e. The maximum absolute atomic E-state index is 11.1. The van der Waals surface area contributed by atoms with Gasteiger partial charge in [-0.2, -0.15) is 0 Å². The Kier molecular flexibility index (Phi) is 5.16. The van der Waals surface area contributed by atoms with Gasteiger partial charge in [-0.3, -0.25) is 0 Å². The molecule has 0 spiro atoms. The molecule has 0 radical (unpaired) electrons. The van der Waals surface area contributed by atoms with Crippen molar-refractivity contribution < 1.29 is 14.6 Å². The summed E-state index contributed by atoms with van der Waals surface area (Å²) in [6.45, 7) is 9.08. The van der Waals surface area contributed by atoms with E-state index in [0.717, 1.165) is 42.2 Å². The number of allylic oxidation sites excluding steroid dienone is 2. The van der Waals surface area contributed by atoms with E-state index in [2.05, 4.69) is 45.2 Å². The van der Waals surface area contributed by atoms with Crippen LogP contribution < -0.4 is 4.43 Å². The molecule has 3 nitrogen and oxygen atoms in total. The minimum atomic E-state index is -1.80. The zero-order chi connectivity index (χ0) is 20.1. The van der Waals surface area contributed by atoms with Crippen LogP contribution in [0, 0.1) is 17.3 Å². The third-order valence-electron chi connectivity index (χ3n) is 7.63. The molecule has 0 aliphatic heterocycles. The summed E-state index contributed by atoms with van der Waals surface area (Å²) in [6, 6.07) is 5.07. The molecule has 3 aliphatic carbocycles. The number of aromatic hydroxyl groups is 1. The van der Waals surface area contributed by atoms with Crippen LogP contribution in [0.2, 0.25) is 19.1 Å². The number of aliphatic hydroxyl groups is 1.